The van der Waals surface area contributed by atoms with Gasteiger partial charge in [0, 0.05) is 0 Å². The Morgan fingerprint density at radius 3 is 2.31 bits per heavy atom. The van der Waals surface area contributed by atoms with Crippen molar-refractivity contribution >= 4 is 11.0 Å². The second kappa shape index (κ2) is 6.24. The number of fused-ring (bicyclic) bond motifs is 1. The molecule has 2 aromatic heterocycles. The summed E-state index contributed by atoms with van der Waals surface area (Å²) in [6, 6.07) is 4.35. The molecule has 0 radical (unpaired) electrons. The highest BCUT2D eigenvalue weighted by Crippen LogP contribution is 2.30. The number of hydrogen-bond donors (Lipinski definition) is 1. The molecule has 0 aliphatic heterocycles. The number of halogens is 3. The van der Waals surface area contributed by atoms with Crippen molar-refractivity contribution in [2.75, 3.05) is 0 Å². The minimum atomic E-state index is -4.40. The lowest BCUT2D eigenvalue weighted by Crippen LogP contribution is -2.26. The van der Waals surface area contributed by atoms with Crippen molar-refractivity contribution in [1.29, 1.82) is 0 Å². The van der Waals surface area contributed by atoms with Gasteiger partial charge in [-0.25, -0.2) is 9.67 Å². The maximum Gasteiger partial charge on any atom is 0.416 e. The Morgan fingerprint density at radius 2 is 1.77 bits per heavy atom. The third kappa shape index (κ3) is 2.98. The third-order valence-electron chi connectivity index (χ3n) is 4.30. The van der Waals surface area contributed by atoms with Gasteiger partial charge in [0.25, 0.3) is 5.56 Å². The van der Waals surface area contributed by atoms with Crippen LogP contribution in [0.4, 0.5) is 13.2 Å². The minimum absolute atomic E-state index is 0.232. The fourth-order valence-electron chi connectivity index (χ4n) is 2.92. The number of alkyl halides is 3. The monoisotopic (exact) mass is 366 g/mol. The van der Waals surface area contributed by atoms with Crippen molar-refractivity contribution < 1.29 is 18.3 Å². The van der Waals surface area contributed by atoms with E-state index in [-0.39, 0.29) is 5.39 Å². The lowest BCUT2D eigenvalue weighted by atomic mass is 10.1. The van der Waals surface area contributed by atoms with E-state index in [0.29, 0.717) is 17.0 Å². The first-order valence-corrected chi connectivity index (χ1v) is 7.93. The van der Waals surface area contributed by atoms with Crippen LogP contribution in [0.2, 0.25) is 0 Å². The second-order valence-electron chi connectivity index (χ2n) is 6.09. The first kappa shape index (κ1) is 18.1. The summed E-state index contributed by atoms with van der Waals surface area (Å²) in [5.41, 5.74) is -0.236. The van der Waals surface area contributed by atoms with Crippen LogP contribution < -0.4 is 5.56 Å². The zero-order chi connectivity index (χ0) is 19.2. The van der Waals surface area contributed by atoms with E-state index in [9.17, 15) is 23.1 Å². The van der Waals surface area contributed by atoms with Crippen LogP contribution in [0.25, 0.3) is 11.0 Å². The Bertz CT molecular complexity index is 1000. The van der Waals surface area contributed by atoms with Gasteiger partial charge in [0.2, 0.25) is 0 Å². The maximum absolute atomic E-state index is 12.7. The smallest absolute Gasteiger partial charge is 0.373 e. The predicted octanol–water partition coefficient (Wildman–Crippen LogP) is 3.04. The summed E-state index contributed by atoms with van der Waals surface area (Å²) >= 11 is 0. The molecule has 2 unspecified atom stereocenters. The highest BCUT2D eigenvalue weighted by atomic mass is 19.4. The van der Waals surface area contributed by atoms with Gasteiger partial charge in [-0.05, 0) is 38.5 Å². The van der Waals surface area contributed by atoms with Gasteiger partial charge in [-0.3, -0.25) is 9.36 Å². The summed E-state index contributed by atoms with van der Waals surface area (Å²) in [6.07, 6.45) is -4.08. The molecule has 0 saturated heterocycles. The first-order chi connectivity index (χ1) is 12.1. The number of aliphatic hydroxyl groups excluding tert-OH is 1. The molecular weight excluding hydrogens is 349 g/mol. The fraction of sp³-hybridized carbons (Fsp3) is 0.353. The van der Waals surface area contributed by atoms with Crippen LogP contribution in [0.3, 0.4) is 0 Å². The molecule has 1 N–H and O–H groups in total. The van der Waals surface area contributed by atoms with Gasteiger partial charge in [-0.15, -0.1) is 0 Å². The van der Waals surface area contributed by atoms with Gasteiger partial charge in [-0.2, -0.15) is 18.3 Å². The number of hydrogen-bond acceptors (Lipinski definition) is 4. The number of aromatic nitrogens is 4. The van der Waals surface area contributed by atoms with Crippen molar-refractivity contribution in [3.63, 3.8) is 0 Å². The highest BCUT2D eigenvalue weighted by Gasteiger charge is 2.30. The van der Waals surface area contributed by atoms with Crippen molar-refractivity contribution in [3.8, 4) is 0 Å². The zero-order valence-corrected chi connectivity index (χ0v) is 14.3. The number of aliphatic hydroxyl groups is 1. The van der Waals surface area contributed by atoms with E-state index in [2.05, 4.69) is 10.1 Å². The van der Waals surface area contributed by atoms with Crippen LogP contribution in [0.15, 0.2) is 35.3 Å². The maximum atomic E-state index is 12.7. The average Bonchev–Trinajstić information content (AvgIpc) is 2.97. The molecule has 0 amide bonds. The molecule has 0 fully saturated rings. The third-order valence-corrected chi connectivity index (χ3v) is 4.30. The van der Waals surface area contributed by atoms with E-state index in [4.69, 9.17) is 0 Å². The summed E-state index contributed by atoms with van der Waals surface area (Å²) in [7, 11) is 0. The number of nitrogens with zero attached hydrogens (tertiary/aromatic N) is 4. The Balaban J connectivity index is 2.07. The second-order valence-corrected chi connectivity index (χ2v) is 6.09. The molecule has 26 heavy (non-hydrogen) atoms. The molecule has 6 nitrogen and oxygen atoms in total. The molecule has 0 spiro atoms. The van der Waals surface area contributed by atoms with Crippen molar-refractivity contribution in [3.05, 3.63) is 57.8 Å². The molecule has 2 atom stereocenters. The Hall–Kier alpha value is -2.68. The van der Waals surface area contributed by atoms with E-state index in [1.54, 1.807) is 13.8 Å². The van der Waals surface area contributed by atoms with Gasteiger partial charge < -0.3 is 5.11 Å². The SMILES string of the molecule is Cc1nc2c(cnn2C(C)c2ccc(C(F)(F)F)cc2)c(=O)n1C(C)O. The van der Waals surface area contributed by atoms with Gasteiger partial charge in [0.05, 0.1) is 17.8 Å². The molecular formula is C17H17F3N4O2. The van der Waals surface area contributed by atoms with Crippen LogP contribution in [0.1, 0.15) is 43.1 Å². The largest absolute Gasteiger partial charge is 0.416 e. The van der Waals surface area contributed by atoms with Gasteiger partial charge in [-0.1, -0.05) is 12.1 Å². The van der Waals surface area contributed by atoms with E-state index >= 15 is 0 Å². The fourth-order valence-corrected chi connectivity index (χ4v) is 2.92. The molecule has 0 bridgehead atoms. The van der Waals surface area contributed by atoms with Gasteiger partial charge >= 0.3 is 6.18 Å². The molecule has 138 valence electrons. The lowest BCUT2D eigenvalue weighted by Gasteiger charge is -2.16. The van der Waals surface area contributed by atoms with E-state index in [0.717, 1.165) is 16.7 Å². The number of benzene rings is 1. The minimum Gasteiger partial charge on any atom is -0.373 e. The van der Waals surface area contributed by atoms with Crippen LogP contribution in [-0.4, -0.2) is 24.4 Å². The molecule has 1 aromatic carbocycles. The topological polar surface area (TPSA) is 72.9 Å². The highest BCUT2D eigenvalue weighted by molar-refractivity contribution is 5.73. The van der Waals surface area contributed by atoms with E-state index in [1.807, 2.05) is 0 Å². The summed E-state index contributed by atoms with van der Waals surface area (Å²) in [4.78, 5) is 16.8. The number of aryl methyl sites for hydroxylation is 1. The van der Waals surface area contributed by atoms with Crippen LogP contribution in [-0.2, 0) is 6.18 Å². The molecule has 3 rings (SSSR count). The summed E-state index contributed by atoms with van der Waals surface area (Å²) in [6.45, 7) is 4.80. The Labute approximate surface area is 146 Å². The molecule has 0 aliphatic carbocycles. The van der Waals surface area contributed by atoms with Crippen LogP contribution in [0.5, 0.6) is 0 Å². The van der Waals surface area contributed by atoms with Crippen LogP contribution in [0, 0.1) is 6.92 Å². The molecule has 0 saturated carbocycles. The Kier molecular flexibility index (Phi) is 4.35. The molecule has 3 aromatic rings. The zero-order valence-electron chi connectivity index (χ0n) is 14.3. The van der Waals surface area contributed by atoms with Crippen molar-refractivity contribution in [2.45, 2.75) is 39.2 Å². The van der Waals surface area contributed by atoms with Crippen molar-refractivity contribution in [2.24, 2.45) is 0 Å². The summed E-state index contributed by atoms with van der Waals surface area (Å²) in [5.74, 6) is 0.318. The predicted molar refractivity (Wildman–Crippen MR) is 88.7 cm³/mol. The molecule has 0 aliphatic rings. The summed E-state index contributed by atoms with van der Waals surface area (Å²) < 4.78 is 40.8. The quantitative estimate of drug-likeness (QED) is 0.773. The Morgan fingerprint density at radius 1 is 1.15 bits per heavy atom. The van der Waals surface area contributed by atoms with E-state index in [1.165, 1.54) is 29.9 Å². The van der Waals surface area contributed by atoms with Gasteiger partial charge in [0.1, 0.15) is 17.4 Å². The number of rotatable bonds is 3. The molecule has 2 heterocycles. The standard InChI is InChI=1S/C17H17F3N4O2/c1-9(12-4-6-13(7-5-12)17(18,19)20)24-15-14(8-21-24)16(26)23(11(3)25)10(2)22-15/h4-9,11,25H,1-3H3. The van der Waals surface area contributed by atoms with Crippen molar-refractivity contribution in [1.82, 2.24) is 19.3 Å². The average molecular weight is 366 g/mol. The molecule has 9 heteroatoms. The normalized spacial score (nSPS) is 14.6. The van der Waals surface area contributed by atoms with Gasteiger partial charge in [0.15, 0.2) is 5.65 Å². The first-order valence-electron chi connectivity index (χ1n) is 7.93. The van der Waals surface area contributed by atoms with Crippen LogP contribution >= 0.6 is 0 Å². The van der Waals surface area contributed by atoms with E-state index < -0.39 is 29.6 Å². The summed E-state index contributed by atoms with van der Waals surface area (Å²) in [5, 5.41) is 14.1. The lowest BCUT2D eigenvalue weighted by molar-refractivity contribution is -0.137.